The third kappa shape index (κ3) is 5.21. The van der Waals surface area contributed by atoms with Crippen molar-refractivity contribution in [1.82, 2.24) is 0 Å². The fourth-order valence-corrected chi connectivity index (χ4v) is 4.76. The van der Waals surface area contributed by atoms with Gasteiger partial charge in [0.15, 0.2) is 0 Å². The highest BCUT2D eigenvalue weighted by atomic mass is 16.4. The molecule has 0 spiro atoms. The molecule has 0 aromatic rings. The maximum absolute atomic E-state index is 12.3. The van der Waals surface area contributed by atoms with Gasteiger partial charge in [0, 0.05) is 0 Å². The Balaban J connectivity index is 2.82. The summed E-state index contributed by atoms with van der Waals surface area (Å²) in [5.74, 6) is -1.76. The van der Waals surface area contributed by atoms with Gasteiger partial charge in [-0.25, -0.2) is 0 Å². The van der Waals surface area contributed by atoms with Gasteiger partial charge in [0.2, 0.25) is 0 Å². The van der Waals surface area contributed by atoms with E-state index in [1.165, 1.54) is 25.7 Å². The predicted octanol–water partition coefficient (Wildman–Crippen LogP) is 6.03. The summed E-state index contributed by atoms with van der Waals surface area (Å²) in [6.07, 6.45) is 13.3. The van der Waals surface area contributed by atoms with Crippen molar-refractivity contribution in [2.24, 2.45) is 10.8 Å². The van der Waals surface area contributed by atoms with Crippen LogP contribution >= 0.6 is 0 Å². The molecule has 146 valence electrons. The quantitative estimate of drug-likeness (QED) is 0.396. The summed E-state index contributed by atoms with van der Waals surface area (Å²) in [5, 5.41) is 20.1. The molecule has 1 rings (SSSR count). The molecule has 0 aromatic heterocycles. The van der Waals surface area contributed by atoms with Gasteiger partial charge in [-0.15, -0.1) is 0 Å². The first kappa shape index (κ1) is 22.0. The topological polar surface area (TPSA) is 74.6 Å². The first-order chi connectivity index (χ1) is 12.0. The highest BCUT2D eigenvalue weighted by Gasteiger charge is 2.61. The van der Waals surface area contributed by atoms with E-state index in [0.29, 0.717) is 25.7 Å². The molecule has 1 aliphatic rings. The van der Waals surface area contributed by atoms with Gasteiger partial charge >= 0.3 is 11.9 Å². The van der Waals surface area contributed by atoms with Crippen LogP contribution in [-0.4, -0.2) is 22.2 Å². The average Bonchev–Trinajstić information content (AvgIpc) is 2.59. The second-order valence-electron chi connectivity index (χ2n) is 7.96. The fraction of sp³-hybridized carbons (Fsp3) is 0.905. The number of aliphatic carboxylic acids is 2. The summed E-state index contributed by atoms with van der Waals surface area (Å²) in [4.78, 5) is 24.5. The van der Waals surface area contributed by atoms with Gasteiger partial charge in [-0.05, 0) is 25.7 Å². The van der Waals surface area contributed by atoms with Crippen molar-refractivity contribution in [3.8, 4) is 0 Å². The summed E-state index contributed by atoms with van der Waals surface area (Å²) >= 11 is 0. The summed E-state index contributed by atoms with van der Waals surface area (Å²) in [5.41, 5.74) is -2.15. The lowest BCUT2D eigenvalue weighted by Crippen LogP contribution is -2.54. The molecule has 2 atom stereocenters. The average molecular weight is 355 g/mol. The van der Waals surface area contributed by atoms with Crippen molar-refractivity contribution in [3.63, 3.8) is 0 Å². The van der Waals surface area contributed by atoms with Crippen LogP contribution in [0, 0.1) is 10.8 Å². The molecule has 2 unspecified atom stereocenters. The Morgan fingerprint density at radius 1 is 0.680 bits per heavy atom. The minimum absolute atomic E-state index is 0.502. The highest BCUT2D eigenvalue weighted by molar-refractivity contribution is 5.87. The SMILES string of the molecule is CCCCCCCCCC1(C(=O)O)CCCCC1(CCCC)C(=O)O. The van der Waals surface area contributed by atoms with E-state index in [0.717, 1.165) is 44.9 Å². The van der Waals surface area contributed by atoms with Gasteiger partial charge in [-0.3, -0.25) is 9.59 Å². The minimum atomic E-state index is -1.07. The van der Waals surface area contributed by atoms with Crippen LogP contribution in [0.3, 0.4) is 0 Å². The van der Waals surface area contributed by atoms with E-state index in [9.17, 15) is 19.8 Å². The lowest BCUT2D eigenvalue weighted by atomic mass is 9.52. The molecule has 25 heavy (non-hydrogen) atoms. The first-order valence-corrected chi connectivity index (χ1v) is 10.4. The van der Waals surface area contributed by atoms with E-state index in [4.69, 9.17) is 0 Å². The van der Waals surface area contributed by atoms with Crippen molar-refractivity contribution >= 4 is 11.9 Å². The smallest absolute Gasteiger partial charge is 0.310 e. The van der Waals surface area contributed by atoms with Gasteiger partial charge in [-0.1, -0.05) is 84.5 Å². The van der Waals surface area contributed by atoms with Crippen LogP contribution in [0.25, 0.3) is 0 Å². The zero-order valence-corrected chi connectivity index (χ0v) is 16.3. The molecule has 0 aromatic carbocycles. The van der Waals surface area contributed by atoms with Gasteiger partial charge in [0.25, 0.3) is 0 Å². The van der Waals surface area contributed by atoms with E-state index >= 15 is 0 Å². The first-order valence-electron chi connectivity index (χ1n) is 10.4. The molecule has 1 saturated carbocycles. The van der Waals surface area contributed by atoms with E-state index in [1.54, 1.807) is 0 Å². The van der Waals surface area contributed by atoms with Crippen LogP contribution in [-0.2, 0) is 9.59 Å². The van der Waals surface area contributed by atoms with Crippen LogP contribution in [0.4, 0.5) is 0 Å². The van der Waals surface area contributed by atoms with Crippen molar-refractivity contribution < 1.29 is 19.8 Å². The molecule has 0 saturated heterocycles. The molecule has 0 bridgehead atoms. The molecule has 0 aliphatic heterocycles. The molecule has 1 fully saturated rings. The monoisotopic (exact) mass is 354 g/mol. The van der Waals surface area contributed by atoms with Crippen molar-refractivity contribution in [2.75, 3.05) is 0 Å². The van der Waals surface area contributed by atoms with Crippen LogP contribution in [0.2, 0.25) is 0 Å². The summed E-state index contributed by atoms with van der Waals surface area (Å²) < 4.78 is 0. The Bertz CT molecular complexity index is 420. The van der Waals surface area contributed by atoms with Crippen molar-refractivity contribution in [1.29, 1.82) is 0 Å². The molecule has 2 N–H and O–H groups in total. The maximum Gasteiger partial charge on any atom is 0.310 e. The number of carboxylic acids is 2. The zero-order chi connectivity index (χ0) is 18.8. The molecule has 0 heterocycles. The standard InChI is InChI=1S/C21H38O4/c1-3-5-7-8-9-10-11-15-21(19(24)25)17-13-12-16-20(21,18(22)23)14-6-4-2/h3-17H2,1-2H3,(H,22,23)(H,24,25). The summed E-state index contributed by atoms with van der Waals surface area (Å²) in [6, 6.07) is 0. The van der Waals surface area contributed by atoms with Gasteiger partial charge in [0.05, 0.1) is 10.8 Å². The molecular weight excluding hydrogens is 316 g/mol. The Morgan fingerprint density at radius 3 is 1.52 bits per heavy atom. The van der Waals surface area contributed by atoms with Gasteiger partial charge < -0.3 is 10.2 Å². The molecular formula is C21H38O4. The summed E-state index contributed by atoms with van der Waals surface area (Å²) in [6.45, 7) is 4.23. The fourth-order valence-electron chi connectivity index (χ4n) is 4.76. The van der Waals surface area contributed by atoms with Crippen molar-refractivity contribution in [2.45, 2.75) is 110 Å². The Labute approximate surface area is 153 Å². The molecule has 0 radical (unpaired) electrons. The second-order valence-corrected chi connectivity index (χ2v) is 7.96. The number of hydrogen-bond acceptors (Lipinski definition) is 2. The third-order valence-electron chi connectivity index (χ3n) is 6.36. The van der Waals surface area contributed by atoms with E-state index in [1.807, 2.05) is 6.92 Å². The molecule has 4 nitrogen and oxygen atoms in total. The van der Waals surface area contributed by atoms with Gasteiger partial charge in [-0.2, -0.15) is 0 Å². The number of carbonyl (C=O) groups is 2. The largest absolute Gasteiger partial charge is 0.481 e. The molecule has 1 aliphatic carbocycles. The van der Waals surface area contributed by atoms with Crippen molar-refractivity contribution in [3.05, 3.63) is 0 Å². The molecule has 0 amide bonds. The predicted molar refractivity (Wildman–Crippen MR) is 101 cm³/mol. The van der Waals surface area contributed by atoms with Crippen LogP contribution < -0.4 is 0 Å². The number of hydrogen-bond donors (Lipinski definition) is 2. The number of carboxylic acid groups (broad SMARTS) is 2. The summed E-state index contributed by atoms with van der Waals surface area (Å²) in [7, 11) is 0. The van der Waals surface area contributed by atoms with Gasteiger partial charge in [0.1, 0.15) is 0 Å². The lowest BCUT2D eigenvalue weighted by molar-refractivity contribution is -0.182. The van der Waals surface area contributed by atoms with E-state index < -0.39 is 22.8 Å². The Kier molecular flexibility index (Phi) is 9.52. The van der Waals surface area contributed by atoms with Crippen LogP contribution in [0.15, 0.2) is 0 Å². The third-order valence-corrected chi connectivity index (χ3v) is 6.36. The highest BCUT2D eigenvalue weighted by Crippen LogP contribution is 2.56. The normalized spacial score (nSPS) is 26.5. The number of unbranched alkanes of at least 4 members (excludes halogenated alkanes) is 7. The molecule has 4 heteroatoms. The van der Waals surface area contributed by atoms with E-state index in [2.05, 4.69) is 6.92 Å². The zero-order valence-electron chi connectivity index (χ0n) is 16.3. The van der Waals surface area contributed by atoms with Crippen LogP contribution in [0.1, 0.15) is 110 Å². The number of rotatable bonds is 13. The Morgan fingerprint density at radius 2 is 1.08 bits per heavy atom. The second kappa shape index (κ2) is 10.8. The lowest BCUT2D eigenvalue weighted by Gasteiger charge is -2.48. The Hall–Kier alpha value is -1.06. The maximum atomic E-state index is 12.3. The minimum Gasteiger partial charge on any atom is -0.481 e. The van der Waals surface area contributed by atoms with E-state index in [-0.39, 0.29) is 0 Å². The van der Waals surface area contributed by atoms with Crippen LogP contribution in [0.5, 0.6) is 0 Å².